The van der Waals surface area contributed by atoms with Crippen LogP contribution in [0.5, 0.6) is 0 Å². The molecule has 0 bridgehead atoms. The number of aliphatic imine (C=N–C) groups is 1. The monoisotopic (exact) mass is 536 g/mol. The first kappa shape index (κ1) is 26.1. The number of nitrogens with zero attached hydrogens (tertiary/aromatic N) is 4. The molecule has 0 amide bonds. The third-order valence-electron chi connectivity index (χ3n) is 6.58. The minimum absolute atomic E-state index is 0.330. The second-order valence-electron chi connectivity index (χ2n) is 9.19. The highest BCUT2D eigenvalue weighted by Gasteiger charge is 2.30. The van der Waals surface area contributed by atoms with Crippen LogP contribution in [0.3, 0.4) is 0 Å². The zero-order valence-electron chi connectivity index (χ0n) is 20.9. The largest absolute Gasteiger partial charge is 0.400 e. The molecule has 1 fully saturated rings. The van der Waals surface area contributed by atoms with E-state index in [0.29, 0.717) is 30.0 Å². The van der Waals surface area contributed by atoms with E-state index in [0.717, 1.165) is 55.2 Å². The summed E-state index contributed by atoms with van der Waals surface area (Å²) >= 11 is 1.41. The van der Waals surface area contributed by atoms with Gasteiger partial charge >= 0.3 is 0 Å². The van der Waals surface area contributed by atoms with E-state index in [1.54, 1.807) is 30.5 Å². The molecule has 2 aliphatic rings. The molecule has 5 rings (SSSR count). The fraction of sp³-hybridized carbons (Fsp3) is 0.286. The molecular formula is C28H30F2N6OS. The summed E-state index contributed by atoms with van der Waals surface area (Å²) in [5, 5.41) is 1.43. The Morgan fingerprint density at radius 2 is 1.89 bits per heavy atom. The van der Waals surface area contributed by atoms with Crippen molar-refractivity contribution in [1.82, 2.24) is 9.88 Å². The number of hydrogen-bond acceptors (Lipinski definition) is 8. The average Bonchev–Trinajstić information content (AvgIpc) is 2.93. The van der Waals surface area contributed by atoms with Crippen LogP contribution in [0.1, 0.15) is 16.5 Å². The molecule has 38 heavy (non-hydrogen) atoms. The number of nitrogens with two attached hydrogens (primary N) is 2. The summed E-state index contributed by atoms with van der Waals surface area (Å²) in [6.45, 7) is 5.14. The third kappa shape index (κ3) is 5.98. The van der Waals surface area contributed by atoms with Crippen molar-refractivity contribution in [3.8, 4) is 11.1 Å². The Balaban J connectivity index is 1.53. The first-order valence-electron chi connectivity index (χ1n) is 12.5. The van der Waals surface area contributed by atoms with Crippen molar-refractivity contribution in [3.05, 3.63) is 88.7 Å². The van der Waals surface area contributed by atoms with Crippen LogP contribution < -0.4 is 16.4 Å². The Morgan fingerprint density at radius 3 is 2.66 bits per heavy atom. The molecule has 1 aromatic heterocycles. The summed E-state index contributed by atoms with van der Waals surface area (Å²) < 4.78 is 34.0. The van der Waals surface area contributed by atoms with Gasteiger partial charge in [-0.3, -0.25) is 9.89 Å². The Hall–Kier alpha value is -3.47. The Morgan fingerprint density at radius 1 is 1.11 bits per heavy atom. The molecule has 1 saturated heterocycles. The zero-order chi connectivity index (χ0) is 26.5. The molecule has 0 saturated carbocycles. The van der Waals surface area contributed by atoms with Crippen LogP contribution >= 0.6 is 11.8 Å². The molecule has 0 aliphatic carbocycles. The molecule has 10 heteroatoms. The molecule has 2 aliphatic heterocycles. The first-order chi connectivity index (χ1) is 18.5. The van der Waals surface area contributed by atoms with Crippen molar-refractivity contribution in [2.45, 2.75) is 5.37 Å². The molecule has 198 valence electrons. The van der Waals surface area contributed by atoms with Crippen LogP contribution in [-0.2, 0) is 4.74 Å². The maximum absolute atomic E-state index is 14.8. The number of thioether (sulfide) groups is 1. The number of halogens is 2. The number of ether oxygens (including phenoxy) is 1. The van der Waals surface area contributed by atoms with E-state index in [1.165, 1.54) is 30.1 Å². The normalized spacial score (nSPS) is 18.6. The molecule has 0 spiro atoms. The van der Waals surface area contributed by atoms with Gasteiger partial charge in [-0.05, 0) is 47.4 Å². The van der Waals surface area contributed by atoms with Gasteiger partial charge in [-0.1, -0.05) is 12.1 Å². The van der Waals surface area contributed by atoms with E-state index >= 15 is 0 Å². The molecule has 3 aromatic rings. The van der Waals surface area contributed by atoms with Crippen molar-refractivity contribution in [2.75, 3.05) is 56.6 Å². The fourth-order valence-corrected chi connectivity index (χ4v) is 5.63. The van der Waals surface area contributed by atoms with Crippen molar-refractivity contribution in [2.24, 2.45) is 10.7 Å². The van der Waals surface area contributed by atoms with Crippen molar-refractivity contribution in [1.29, 1.82) is 0 Å². The number of aromatic nitrogens is 1. The quantitative estimate of drug-likeness (QED) is 0.263. The average molecular weight is 537 g/mol. The van der Waals surface area contributed by atoms with Crippen molar-refractivity contribution in [3.63, 3.8) is 0 Å². The minimum Gasteiger partial charge on any atom is -0.400 e. The Kier molecular flexibility index (Phi) is 8.21. The van der Waals surface area contributed by atoms with E-state index in [1.807, 2.05) is 22.4 Å². The predicted octanol–water partition coefficient (Wildman–Crippen LogP) is 4.41. The first-order valence-corrected chi connectivity index (χ1v) is 13.4. The topological polar surface area (TPSA) is 93.0 Å². The van der Waals surface area contributed by atoms with Crippen LogP contribution in [0.2, 0.25) is 0 Å². The molecular weight excluding hydrogens is 506 g/mol. The number of hydrogen-bond donors (Lipinski definition) is 2. The van der Waals surface area contributed by atoms with Gasteiger partial charge in [0.1, 0.15) is 11.2 Å². The molecule has 1 unspecified atom stereocenters. The lowest BCUT2D eigenvalue weighted by Gasteiger charge is -2.37. The summed E-state index contributed by atoms with van der Waals surface area (Å²) in [6, 6.07) is 13.5. The van der Waals surface area contributed by atoms with Crippen molar-refractivity contribution >= 4 is 29.4 Å². The maximum Gasteiger partial charge on any atom is 0.219 e. The van der Waals surface area contributed by atoms with Gasteiger partial charge in [0.05, 0.1) is 26.3 Å². The Bertz CT molecular complexity index is 1330. The number of anilines is 2. The second kappa shape index (κ2) is 11.9. The number of benzene rings is 2. The van der Waals surface area contributed by atoms with Gasteiger partial charge in [-0.15, -0.1) is 11.8 Å². The summed E-state index contributed by atoms with van der Waals surface area (Å²) in [5.41, 5.74) is 17.5. The standard InChI is InChI=1S/C28H30F2N6OS/c29-21-5-3-19(4-6-21)24-15-25(32)20(16-33-8-9-35-10-12-37-13-11-35)14-26(24)36-17-22(31)18-38-28(36)23-2-1-7-34-27(23)30/h1-7,14-16,18,28H,8-13,17,31-32H2. The van der Waals surface area contributed by atoms with Gasteiger partial charge in [0, 0.05) is 65.8 Å². The molecule has 0 radical (unpaired) electrons. The lowest BCUT2D eigenvalue weighted by atomic mass is 9.98. The second-order valence-corrected chi connectivity index (χ2v) is 10.1. The smallest absolute Gasteiger partial charge is 0.219 e. The number of rotatable bonds is 7. The van der Waals surface area contributed by atoms with E-state index in [2.05, 4.69) is 14.9 Å². The summed E-state index contributed by atoms with van der Waals surface area (Å²) in [5.74, 6) is -0.865. The van der Waals surface area contributed by atoms with Gasteiger partial charge in [-0.25, -0.2) is 9.37 Å². The highest BCUT2D eigenvalue weighted by atomic mass is 32.2. The van der Waals surface area contributed by atoms with E-state index in [-0.39, 0.29) is 5.82 Å². The maximum atomic E-state index is 14.8. The van der Waals surface area contributed by atoms with Gasteiger partial charge in [-0.2, -0.15) is 4.39 Å². The molecule has 1 atom stereocenters. The van der Waals surface area contributed by atoms with Crippen LogP contribution in [-0.4, -0.2) is 62.0 Å². The number of nitrogen functional groups attached to an aromatic ring is 1. The minimum atomic E-state index is -0.535. The van der Waals surface area contributed by atoms with Crippen molar-refractivity contribution < 1.29 is 13.5 Å². The van der Waals surface area contributed by atoms with Crippen LogP contribution in [0.4, 0.5) is 20.2 Å². The van der Waals surface area contributed by atoms with Gasteiger partial charge < -0.3 is 21.1 Å². The van der Waals surface area contributed by atoms with E-state index < -0.39 is 11.3 Å². The summed E-state index contributed by atoms with van der Waals surface area (Å²) in [4.78, 5) is 12.8. The third-order valence-corrected chi connectivity index (χ3v) is 7.79. The van der Waals surface area contributed by atoms with Crippen LogP contribution in [0.25, 0.3) is 11.1 Å². The lowest BCUT2D eigenvalue weighted by molar-refractivity contribution is 0.0395. The molecule has 3 heterocycles. The lowest BCUT2D eigenvalue weighted by Crippen LogP contribution is -2.37. The molecule has 2 aromatic carbocycles. The summed E-state index contributed by atoms with van der Waals surface area (Å²) in [6.07, 6.45) is 3.21. The fourth-order valence-electron chi connectivity index (χ4n) is 4.60. The van der Waals surface area contributed by atoms with Crippen LogP contribution in [0, 0.1) is 11.8 Å². The highest BCUT2D eigenvalue weighted by molar-refractivity contribution is 8.02. The van der Waals surface area contributed by atoms with Gasteiger partial charge in [0.2, 0.25) is 5.95 Å². The predicted molar refractivity (Wildman–Crippen MR) is 150 cm³/mol. The number of morpholine rings is 1. The van der Waals surface area contributed by atoms with Crippen LogP contribution in [0.15, 0.2) is 70.8 Å². The number of pyridine rings is 1. The van der Waals surface area contributed by atoms with Gasteiger partial charge in [0.25, 0.3) is 0 Å². The summed E-state index contributed by atoms with van der Waals surface area (Å²) in [7, 11) is 0. The van der Waals surface area contributed by atoms with Gasteiger partial charge in [0.15, 0.2) is 0 Å². The Labute approximate surface area is 225 Å². The molecule has 7 nitrogen and oxygen atoms in total. The van der Waals surface area contributed by atoms with E-state index in [9.17, 15) is 8.78 Å². The zero-order valence-corrected chi connectivity index (χ0v) is 21.7. The molecule has 4 N–H and O–H groups in total. The van der Waals surface area contributed by atoms with E-state index in [4.69, 9.17) is 16.2 Å². The highest BCUT2D eigenvalue weighted by Crippen LogP contribution is 2.45. The SMILES string of the molecule is NC1=CSC(c2cccnc2F)N(c2cc(C=NCCN3CCOCC3)c(N)cc2-c2ccc(F)cc2)C1.